The number of anilines is 1. The van der Waals surface area contributed by atoms with E-state index in [4.69, 9.17) is 0 Å². The van der Waals surface area contributed by atoms with Crippen molar-refractivity contribution >= 4 is 44.3 Å². The van der Waals surface area contributed by atoms with Gasteiger partial charge in [0, 0.05) is 31.2 Å². The Hall–Kier alpha value is -4.94. The molecule has 0 spiro atoms. The van der Waals surface area contributed by atoms with E-state index < -0.39 is 22.2 Å². The van der Waals surface area contributed by atoms with Crippen molar-refractivity contribution in [2.45, 2.75) is 51.6 Å². The van der Waals surface area contributed by atoms with E-state index in [-0.39, 0.29) is 43.4 Å². The van der Waals surface area contributed by atoms with Crippen LogP contribution < -0.4 is 10.0 Å². The van der Waals surface area contributed by atoms with Gasteiger partial charge in [-0.15, -0.1) is 0 Å². The Labute approximate surface area is 281 Å². The SMILES string of the molecule is CC(C)N(C(=O)NCc1ccccc1)N1CC(=O)N2[C@@H](Cc3ccc(NS(C)(=O)=O)cc3)C(=O)N(Cc3cccc4ccccc34)C[C@@H]21. The number of hydrogen-bond donors (Lipinski definition) is 2. The van der Waals surface area contributed by atoms with E-state index in [1.54, 1.807) is 44.1 Å². The van der Waals surface area contributed by atoms with Crippen molar-refractivity contribution in [3.05, 3.63) is 114 Å². The van der Waals surface area contributed by atoms with Crippen molar-refractivity contribution in [3.63, 3.8) is 0 Å². The molecule has 2 atom stereocenters. The molecule has 6 rings (SSSR count). The second-order valence-electron chi connectivity index (χ2n) is 12.6. The number of amides is 4. The number of nitrogens with zero attached hydrogens (tertiary/aromatic N) is 4. The molecule has 0 aromatic heterocycles. The van der Waals surface area contributed by atoms with Crippen molar-refractivity contribution in [1.82, 2.24) is 25.1 Å². The van der Waals surface area contributed by atoms with Crippen molar-refractivity contribution < 1.29 is 22.8 Å². The third-order valence-electron chi connectivity index (χ3n) is 8.75. The van der Waals surface area contributed by atoms with E-state index in [0.717, 1.165) is 33.7 Å². The fourth-order valence-corrected chi connectivity index (χ4v) is 7.21. The first-order valence-corrected chi connectivity index (χ1v) is 17.9. The van der Waals surface area contributed by atoms with Gasteiger partial charge in [-0.1, -0.05) is 84.9 Å². The molecule has 0 radical (unpaired) electrons. The summed E-state index contributed by atoms with van der Waals surface area (Å²) in [6, 6.07) is 29.1. The average Bonchev–Trinajstić information content (AvgIpc) is 3.37. The molecule has 2 fully saturated rings. The molecule has 250 valence electrons. The number of carbonyl (C=O) groups is 3. The average molecular weight is 669 g/mol. The lowest BCUT2D eigenvalue weighted by molar-refractivity contribution is -0.158. The van der Waals surface area contributed by atoms with Crippen LogP contribution in [0.15, 0.2) is 97.1 Å². The zero-order valence-electron chi connectivity index (χ0n) is 27.2. The Morgan fingerprint density at radius 1 is 0.896 bits per heavy atom. The highest BCUT2D eigenvalue weighted by Gasteiger charge is 2.52. The highest BCUT2D eigenvalue weighted by molar-refractivity contribution is 7.92. The van der Waals surface area contributed by atoms with E-state index >= 15 is 0 Å². The first-order chi connectivity index (χ1) is 23.0. The summed E-state index contributed by atoms with van der Waals surface area (Å²) in [4.78, 5) is 45.3. The summed E-state index contributed by atoms with van der Waals surface area (Å²) in [5.41, 5.74) is 3.12. The van der Waals surface area contributed by atoms with Crippen molar-refractivity contribution in [2.24, 2.45) is 0 Å². The number of urea groups is 1. The Bertz CT molecular complexity index is 1910. The maximum Gasteiger partial charge on any atom is 0.332 e. The minimum Gasteiger partial charge on any atom is -0.333 e. The predicted octanol–water partition coefficient (Wildman–Crippen LogP) is 4.17. The molecule has 11 nitrogen and oxygen atoms in total. The van der Waals surface area contributed by atoms with Crippen LogP contribution in [0.3, 0.4) is 0 Å². The standard InChI is InChI=1S/C36H40N6O5S/c1-25(2)42(36(45)37-21-27-10-5-4-6-11-27)40-24-34(43)41-32(20-26-16-18-30(19-17-26)38-48(3,46)47)35(44)39(23-33(40)41)22-29-14-9-13-28-12-7-8-15-31(28)29/h4-19,25,32-33,38H,20-24H2,1-3H3,(H,37,45)/t32-,33+/m0/s1. The van der Waals surface area contributed by atoms with Crippen LogP contribution in [0.4, 0.5) is 10.5 Å². The summed E-state index contributed by atoms with van der Waals surface area (Å²) in [6.45, 7) is 4.64. The normalized spacial score (nSPS) is 18.3. The van der Waals surface area contributed by atoms with Crippen LogP contribution in [0.1, 0.15) is 30.5 Å². The van der Waals surface area contributed by atoms with Crippen LogP contribution in [-0.2, 0) is 39.1 Å². The lowest BCUT2D eigenvalue weighted by atomic mass is 9.99. The second kappa shape index (κ2) is 13.7. The number of nitrogens with one attached hydrogen (secondary N) is 2. The van der Waals surface area contributed by atoms with Gasteiger partial charge in [-0.2, -0.15) is 5.01 Å². The van der Waals surface area contributed by atoms with Crippen molar-refractivity contribution in [1.29, 1.82) is 0 Å². The molecule has 4 aromatic carbocycles. The van der Waals surface area contributed by atoms with Gasteiger partial charge in [-0.05, 0) is 53.4 Å². The van der Waals surface area contributed by atoms with Gasteiger partial charge in [-0.3, -0.25) is 19.3 Å². The van der Waals surface area contributed by atoms with Gasteiger partial charge in [0.25, 0.3) is 0 Å². The fraction of sp³-hybridized carbons (Fsp3) is 0.306. The number of hydrogen-bond acceptors (Lipinski definition) is 6. The third kappa shape index (κ3) is 7.14. The van der Waals surface area contributed by atoms with E-state index in [1.807, 2.05) is 86.6 Å². The van der Waals surface area contributed by atoms with E-state index in [0.29, 0.717) is 18.8 Å². The summed E-state index contributed by atoms with van der Waals surface area (Å²) in [7, 11) is -3.45. The molecule has 2 aliphatic heterocycles. The Balaban J connectivity index is 1.32. The molecule has 12 heteroatoms. The minimum atomic E-state index is -3.45. The Kier molecular flexibility index (Phi) is 9.38. The minimum absolute atomic E-state index is 0.0509. The molecule has 2 aliphatic rings. The van der Waals surface area contributed by atoms with Gasteiger partial charge in [0.15, 0.2) is 0 Å². The van der Waals surface area contributed by atoms with Gasteiger partial charge in [0.05, 0.1) is 19.3 Å². The molecule has 0 saturated carbocycles. The first-order valence-electron chi connectivity index (χ1n) is 16.0. The number of carbonyl (C=O) groups excluding carboxylic acids is 3. The van der Waals surface area contributed by atoms with E-state index in [9.17, 15) is 22.8 Å². The number of hydrazine groups is 1. The molecule has 4 amide bonds. The first kappa shape index (κ1) is 33.0. The smallest absolute Gasteiger partial charge is 0.332 e. The zero-order valence-corrected chi connectivity index (χ0v) is 28.1. The molecular formula is C36H40N6O5S. The summed E-state index contributed by atoms with van der Waals surface area (Å²) in [5, 5.41) is 8.51. The molecule has 2 saturated heterocycles. The monoisotopic (exact) mass is 668 g/mol. The summed E-state index contributed by atoms with van der Waals surface area (Å²) in [6.07, 6.45) is 0.729. The number of benzene rings is 4. The largest absolute Gasteiger partial charge is 0.333 e. The van der Waals surface area contributed by atoms with Crippen LogP contribution in [0.2, 0.25) is 0 Å². The predicted molar refractivity (Wildman–Crippen MR) is 185 cm³/mol. The van der Waals surface area contributed by atoms with Crippen molar-refractivity contribution in [2.75, 3.05) is 24.1 Å². The van der Waals surface area contributed by atoms with Crippen molar-refractivity contribution in [3.8, 4) is 0 Å². The van der Waals surface area contributed by atoms with E-state index in [1.165, 1.54) is 0 Å². The summed E-state index contributed by atoms with van der Waals surface area (Å²) in [5.74, 6) is -0.419. The fourth-order valence-electron chi connectivity index (χ4n) is 6.65. The molecule has 4 aromatic rings. The molecule has 0 unspecified atom stereocenters. The van der Waals surface area contributed by atoms with Gasteiger partial charge in [-0.25, -0.2) is 13.2 Å². The highest BCUT2D eigenvalue weighted by atomic mass is 32.2. The van der Waals surface area contributed by atoms with Crippen LogP contribution in [0, 0.1) is 0 Å². The summed E-state index contributed by atoms with van der Waals surface area (Å²) < 4.78 is 25.9. The Morgan fingerprint density at radius 2 is 1.58 bits per heavy atom. The van der Waals surface area contributed by atoms with Crippen LogP contribution in [-0.4, -0.2) is 83.7 Å². The van der Waals surface area contributed by atoms with Gasteiger partial charge >= 0.3 is 6.03 Å². The summed E-state index contributed by atoms with van der Waals surface area (Å²) >= 11 is 0. The maximum absolute atomic E-state index is 14.3. The van der Waals surface area contributed by atoms with Crippen LogP contribution in [0.5, 0.6) is 0 Å². The quantitative estimate of drug-likeness (QED) is 0.262. The number of sulfonamides is 1. The molecule has 0 bridgehead atoms. The Morgan fingerprint density at radius 3 is 2.29 bits per heavy atom. The second-order valence-corrected chi connectivity index (χ2v) is 14.4. The van der Waals surface area contributed by atoms with Gasteiger partial charge in [0.2, 0.25) is 21.8 Å². The molecule has 0 aliphatic carbocycles. The van der Waals surface area contributed by atoms with Crippen LogP contribution >= 0.6 is 0 Å². The van der Waals surface area contributed by atoms with Gasteiger partial charge < -0.3 is 15.1 Å². The molecule has 48 heavy (non-hydrogen) atoms. The lowest BCUT2D eigenvalue weighted by Crippen LogP contribution is -2.66. The third-order valence-corrected chi connectivity index (χ3v) is 9.36. The van der Waals surface area contributed by atoms with E-state index in [2.05, 4.69) is 10.0 Å². The molecular weight excluding hydrogens is 629 g/mol. The number of piperazine rings is 1. The topological polar surface area (TPSA) is 122 Å². The molecule has 2 heterocycles. The lowest BCUT2D eigenvalue weighted by Gasteiger charge is -2.47. The maximum atomic E-state index is 14.3. The number of fused-ring (bicyclic) bond motifs is 2. The number of rotatable bonds is 10. The highest BCUT2D eigenvalue weighted by Crippen LogP contribution is 2.32. The zero-order chi connectivity index (χ0) is 34.0. The van der Waals surface area contributed by atoms with Crippen LogP contribution in [0.25, 0.3) is 10.8 Å². The van der Waals surface area contributed by atoms with Gasteiger partial charge in [0.1, 0.15) is 12.2 Å². The molecule has 2 N–H and O–H groups in total.